The van der Waals surface area contributed by atoms with Crippen LogP contribution in [-0.2, 0) is 4.79 Å². The zero-order chi connectivity index (χ0) is 14.7. The van der Waals surface area contributed by atoms with Crippen molar-refractivity contribution in [3.05, 3.63) is 33.9 Å². The topological polar surface area (TPSA) is 107 Å². The molecule has 1 fully saturated rings. The number of anilines is 1. The Bertz CT molecular complexity index is 594. The van der Waals surface area contributed by atoms with Crippen LogP contribution in [-0.4, -0.2) is 29.1 Å². The molecule has 0 amide bonds. The smallest absolute Gasteiger partial charge is 0.303 e. The van der Waals surface area contributed by atoms with E-state index in [1.54, 1.807) is 4.90 Å². The number of rotatable bonds is 4. The third-order valence-corrected chi connectivity index (χ3v) is 3.39. The van der Waals surface area contributed by atoms with Crippen molar-refractivity contribution >= 4 is 17.3 Å². The van der Waals surface area contributed by atoms with Gasteiger partial charge in [0, 0.05) is 25.6 Å². The number of nitro benzene ring substituents is 1. The van der Waals surface area contributed by atoms with E-state index in [-0.39, 0.29) is 18.0 Å². The molecule has 0 spiro atoms. The summed E-state index contributed by atoms with van der Waals surface area (Å²) < 4.78 is 0. The molecule has 20 heavy (non-hydrogen) atoms. The lowest BCUT2D eigenvalue weighted by atomic mass is 10.1. The first kappa shape index (κ1) is 13.8. The van der Waals surface area contributed by atoms with Gasteiger partial charge in [-0.2, -0.15) is 5.26 Å². The Balaban J connectivity index is 2.26. The van der Waals surface area contributed by atoms with E-state index in [1.807, 2.05) is 6.07 Å². The summed E-state index contributed by atoms with van der Waals surface area (Å²) in [6.45, 7) is 1.02. The molecule has 1 heterocycles. The van der Waals surface area contributed by atoms with Crippen LogP contribution in [0, 0.1) is 27.4 Å². The average Bonchev–Trinajstić information content (AvgIpc) is 2.85. The van der Waals surface area contributed by atoms with Gasteiger partial charge in [0.05, 0.1) is 16.6 Å². The molecule has 104 valence electrons. The molecule has 7 nitrogen and oxygen atoms in total. The first-order valence-corrected chi connectivity index (χ1v) is 6.16. The Labute approximate surface area is 115 Å². The number of benzene rings is 1. The van der Waals surface area contributed by atoms with E-state index in [0.717, 1.165) is 0 Å². The monoisotopic (exact) mass is 275 g/mol. The highest BCUT2D eigenvalue weighted by atomic mass is 16.6. The number of carbonyl (C=O) groups is 1. The molecule has 1 aliphatic heterocycles. The third kappa shape index (κ3) is 2.85. The minimum atomic E-state index is -0.864. The second kappa shape index (κ2) is 5.57. The first-order chi connectivity index (χ1) is 9.51. The zero-order valence-electron chi connectivity index (χ0n) is 10.7. The van der Waals surface area contributed by atoms with Gasteiger partial charge < -0.3 is 10.0 Å². The maximum absolute atomic E-state index is 11.0. The minimum Gasteiger partial charge on any atom is -0.481 e. The van der Waals surface area contributed by atoms with Crippen molar-refractivity contribution in [1.82, 2.24) is 0 Å². The van der Waals surface area contributed by atoms with E-state index < -0.39 is 10.9 Å². The Hall–Kier alpha value is -2.62. The fourth-order valence-electron chi connectivity index (χ4n) is 2.47. The molecule has 0 aliphatic carbocycles. The Kier molecular flexibility index (Phi) is 3.84. The molecule has 1 atom stereocenters. The summed E-state index contributed by atoms with van der Waals surface area (Å²) in [6.07, 6.45) is 0.739. The highest BCUT2D eigenvalue weighted by molar-refractivity contribution is 5.69. The van der Waals surface area contributed by atoms with Crippen LogP contribution in [0.25, 0.3) is 0 Å². The molecule has 1 aliphatic rings. The molecular weight excluding hydrogens is 262 g/mol. The van der Waals surface area contributed by atoms with Gasteiger partial charge >= 0.3 is 5.97 Å². The van der Waals surface area contributed by atoms with Crippen LogP contribution < -0.4 is 4.90 Å². The Morgan fingerprint density at radius 3 is 2.95 bits per heavy atom. The molecule has 0 bridgehead atoms. The number of aliphatic carboxylic acids is 1. The Morgan fingerprint density at radius 1 is 1.60 bits per heavy atom. The van der Waals surface area contributed by atoms with Gasteiger partial charge in [0.25, 0.3) is 5.69 Å². The van der Waals surface area contributed by atoms with E-state index in [9.17, 15) is 14.9 Å². The minimum absolute atomic E-state index is 0.0159. The van der Waals surface area contributed by atoms with Crippen molar-refractivity contribution in [3.8, 4) is 6.07 Å². The third-order valence-electron chi connectivity index (χ3n) is 3.39. The van der Waals surface area contributed by atoms with Crippen LogP contribution >= 0.6 is 0 Å². The SMILES string of the molecule is N#Cc1ccc([N+](=O)[O-])c(N2CCC(CC(=O)O)C2)c1. The number of carboxylic acid groups (broad SMARTS) is 1. The summed E-state index contributed by atoms with van der Waals surface area (Å²) in [6, 6.07) is 6.17. The largest absolute Gasteiger partial charge is 0.481 e. The molecule has 1 aromatic carbocycles. The lowest BCUT2D eigenvalue weighted by molar-refractivity contribution is -0.384. The van der Waals surface area contributed by atoms with Crippen molar-refractivity contribution in [3.63, 3.8) is 0 Å². The molecule has 2 rings (SSSR count). The summed E-state index contributed by atoms with van der Waals surface area (Å²) in [5, 5.41) is 28.7. The molecule has 7 heteroatoms. The molecule has 0 radical (unpaired) electrons. The molecule has 1 N–H and O–H groups in total. The Morgan fingerprint density at radius 2 is 2.35 bits per heavy atom. The van der Waals surface area contributed by atoms with Crippen LogP contribution in [0.5, 0.6) is 0 Å². The average molecular weight is 275 g/mol. The first-order valence-electron chi connectivity index (χ1n) is 6.16. The van der Waals surface area contributed by atoms with Gasteiger partial charge in [0.15, 0.2) is 0 Å². The molecule has 0 saturated carbocycles. The molecule has 1 aromatic rings. The van der Waals surface area contributed by atoms with Crippen molar-refractivity contribution in [2.45, 2.75) is 12.8 Å². The van der Waals surface area contributed by atoms with E-state index >= 15 is 0 Å². The van der Waals surface area contributed by atoms with Gasteiger partial charge in [-0.1, -0.05) is 0 Å². The standard InChI is InChI=1S/C13H13N3O4/c14-7-9-1-2-11(16(19)20)12(5-9)15-4-3-10(8-15)6-13(17)18/h1-2,5,10H,3-4,6,8H2,(H,17,18). The lowest BCUT2D eigenvalue weighted by Crippen LogP contribution is -2.21. The normalized spacial score (nSPS) is 17.8. The fourth-order valence-corrected chi connectivity index (χ4v) is 2.47. The number of nitrogens with zero attached hydrogens (tertiary/aromatic N) is 3. The van der Waals surface area contributed by atoms with E-state index in [2.05, 4.69) is 0 Å². The van der Waals surface area contributed by atoms with Gasteiger partial charge in [-0.15, -0.1) is 0 Å². The fraction of sp³-hybridized carbons (Fsp3) is 0.385. The summed E-state index contributed by atoms with van der Waals surface area (Å²) in [7, 11) is 0. The van der Waals surface area contributed by atoms with Crippen molar-refractivity contribution in [1.29, 1.82) is 5.26 Å². The van der Waals surface area contributed by atoms with Crippen LogP contribution in [0.4, 0.5) is 11.4 Å². The molecule has 0 aromatic heterocycles. The van der Waals surface area contributed by atoms with Gasteiger partial charge in [-0.05, 0) is 24.5 Å². The summed E-state index contributed by atoms with van der Waals surface area (Å²) >= 11 is 0. The number of hydrogen-bond donors (Lipinski definition) is 1. The maximum Gasteiger partial charge on any atom is 0.303 e. The number of nitriles is 1. The quantitative estimate of drug-likeness (QED) is 0.662. The second-order valence-corrected chi connectivity index (χ2v) is 4.77. The number of nitro groups is 1. The van der Waals surface area contributed by atoms with E-state index in [1.165, 1.54) is 18.2 Å². The van der Waals surface area contributed by atoms with Crippen LogP contribution in [0.2, 0.25) is 0 Å². The highest BCUT2D eigenvalue weighted by Gasteiger charge is 2.29. The lowest BCUT2D eigenvalue weighted by Gasteiger charge is -2.18. The zero-order valence-corrected chi connectivity index (χ0v) is 10.7. The van der Waals surface area contributed by atoms with Crippen molar-refractivity contribution in [2.24, 2.45) is 5.92 Å². The van der Waals surface area contributed by atoms with E-state index in [4.69, 9.17) is 10.4 Å². The van der Waals surface area contributed by atoms with Gasteiger partial charge in [0.2, 0.25) is 0 Å². The molecular formula is C13H13N3O4. The van der Waals surface area contributed by atoms with E-state index in [0.29, 0.717) is 30.8 Å². The molecule has 1 unspecified atom stereocenters. The predicted octanol–water partition coefficient (Wildman–Crippen LogP) is 1.77. The highest BCUT2D eigenvalue weighted by Crippen LogP contribution is 2.33. The maximum atomic E-state index is 11.0. The number of hydrogen-bond acceptors (Lipinski definition) is 5. The van der Waals surface area contributed by atoms with Gasteiger partial charge in [-0.3, -0.25) is 14.9 Å². The van der Waals surface area contributed by atoms with Gasteiger partial charge in [-0.25, -0.2) is 0 Å². The predicted molar refractivity (Wildman–Crippen MR) is 70.4 cm³/mol. The summed E-state index contributed by atoms with van der Waals surface area (Å²) in [4.78, 5) is 23.0. The van der Waals surface area contributed by atoms with Crippen LogP contribution in [0.15, 0.2) is 18.2 Å². The summed E-state index contributed by atoms with van der Waals surface area (Å²) in [5.74, 6) is -0.880. The van der Waals surface area contributed by atoms with Crippen molar-refractivity contribution in [2.75, 3.05) is 18.0 Å². The molecule has 1 saturated heterocycles. The van der Waals surface area contributed by atoms with Gasteiger partial charge in [0.1, 0.15) is 5.69 Å². The van der Waals surface area contributed by atoms with Crippen molar-refractivity contribution < 1.29 is 14.8 Å². The van der Waals surface area contributed by atoms with Crippen LogP contribution in [0.3, 0.4) is 0 Å². The summed E-state index contributed by atoms with van der Waals surface area (Å²) in [5.41, 5.74) is 0.689. The van der Waals surface area contributed by atoms with Crippen LogP contribution in [0.1, 0.15) is 18.4 Å². The number of carboxylic acids is 1. The second-order valence-electron chi connectivity index (χ2n) is 4.77.